The molecular formula is C24H24FN7O. The van der Waals surface area contributed by atoms with Gasteiger partial charge in [0.15, 0.2) is 0 Å². The fourth-order valence-electron chi connectivity index (χ4n) is 3.52. The minimum Gasteiger partial charge on any atom is -0.398 e. The molecule has 0 spiro atoms. The number of nitrogens with one attached hydrogen (secondary N) is 3. The average molecular weight is 446 g/mol. The molecule has 0 aliphatic rings. The first-order chi connectivity index (χ1) is 15.9. The molecule has 0 saturated carbocycles. The van der Waals surface area contributed by atoms with Crippen LogP contribution in [0.5, 0.6) is 0 Å². The molecule has 0 aliphatic heterocycles. The first kappa shape index (κ1) is 21.9. The van der Waals surface area contributed by atoms with E-state index in [1.807, 2.05) is 26.1 Å². The second kappa shape index (κ2) is 9.47. The standard InChI is InChI=1S/C24H24FN7O/c1-14-11-15(2)30-24(29-14)32-23(31-22(33)18-5-3-4-6-20(18)26)27-10-9-16-13-28-21-8-7-17(25)12-19(16)21/h3-8,11-13,28H,9-10,26H2,1-2H3,(H2,27,29,30,31,32,33). The third kappa shape index (κ3) is 5.32. The molecule has 2 aromatic heterocycles. The van der Waals surface area contributed by atoms with E-state index in [0.29, 0.717) is 30.2 Å². The van der Waals surface area contributed by atoms with Crippen molar-refractivity contribution in [1.29, 1.82) is 0 Å². The van der Waals surface area contributed by atoms with Crippen molar-refractivity contribution in [2.24, 2.45) is 4.99 Å². The third-order valence-corrected chi connectivity index (χ3v) is 5.03. The van der Waals surface area contributed by atoms with Gasteiger partial charge in [0.2, 0.25) is 11.9 Å². The van der Waals surface area contributed by atoms with E-state index in [0.717, 1.165) is 27.9 Å². The van der Waals surface area contributed by atoms with Crippen molar-refractivity contribution in [3.8, 4) is 0 Å². The van der Waals surface area contributed by atoms with Crippen LogP contribution in [0.25, 0.3) is 10.9 Å². The van der Waals surface area contributed by atoms with Crippen LogP contribution in [0.15, 0.2) is 59.7 Å². The molecule has 8 nitrogen and oxygen atoms in total. The summed E-state index contributed by atoms with van der Waals surface area (Å²) in [5.74, 6) is -0.187. The predicted molar refractivity (Wildman–Crippen MR) is 128 cm³/mol. The van der Waals surface area contributed by atoms with Gasteiger partial charge in [-0.2, -0.15) is 0 Å². The highest BCUT2D eigenvalue weighted by atomic mass is 19.1. The Balaban J connectivity index is 1.56. The van der Waals surface area contributed by atoms with Gasteiger partial charge in [-0.05, 0) is 62.2 Å². The summed E-state index contributed by atoms with van der Waals surface area (Å²) in [7, 11) is 0. The van der Waals surface area contributed by atoms with Crippen LogP contribution in [0.1, 0.15) is 27.3 Å². The van der Waals surface area contributed by atoms with E-state index < -0.39 is 5.91 Å². The minimum atomic E-state index is -0.405. The lowest BCUT2D eigenvalue weighted by Gasteiger charge is -2.12. The SMILES string of the molecule is Cc1cc(C)nc(NC(=NCCc2c[nH]c3ccc(F)cc23)NC(=O)c2ccccc2N)n1. The fourth-order valence-corrected chi connectivity index (χ4v) is 3.52. The molecule has 4 aromatic rings. The highest BCUT2D eigenvalue weighted by molar-refractivity contribution is 6.11. The van der Waals surface area contributed by atoms with Gasteiger partial charge in [0.05, 0.1) is 5.56 Å². The van der Waals surface area contributed by atoms with Crippen molar-refractivity contribution in [2.45, 2.75) is 20.3 Å². The number of anilines is 2. The quantitative estimate of drug-likeness (QED) is 0.212. The number of aromatic nitrogens is 3. The molecule has 2 aromatic carbocycles. The fraction of sp³-hybridized carbons (Fsp3) is 0.167. The third-order valence-electron chi connectivity index (χ3n) is 5.03. The first-order valence-electron chi connectivity index (χ1n) is 10.4. The number of aromatic amines is 1. The second-order valence-corrected chi connectivity index (χ2v) is 7.62. The van der Waals surface area contributed by atoms with E-state index in [9.17, 15) is 9.18 Å². The number of hydrogen-bond acceptors (Lipinski definition) is 5. The minimum absolute atomic E-state index is 0.194. The lowest BCUT2D eigenvalue weighted by atomic mass is 10.1. The smallest absolute Gasteiger partial charge is 0.260 e. The zero-order chi connectivity index (χ0) is 23.4. The lowest BCUT2D eigenvalue weighted by Crippen LogP contribution is -2.37. The van der Waals surface area contributed by atoms with Crippen molar-refractivity contribution in [3.63, 3.8) is 0 Å². The predicted octanol–water partition coefficient (Wildman–Crippen LogP) is 3.74. The van der Waals surface area contributed by atoms with E-state index >= 15 is 0 Å². The van der Waals surface area contributed by atoms with Gasteiger partial charge in [0, 0.05) is 40.7 Å². The number of carbonyl (C=O) groups excluding carboxylic acids is 1. The molecular weight excluding hydrogens is 421 g/mol. The van der Waals surface area contributed by atoms with Gasteiger partial charge in [-0.3, -0.25) is 20.4 Å². The van der Waals surface area contributed by atoms with Crippen LogP contribution in [-0.2, 0) is 6.42 Å². The van der Waals surface area contributed by atoms with E-state index in [-0.39, 0.29) is 11.8 Å². The van der Waals surface area contributed by atoms with Crippen molar-refractivity contribution >= 4 is 34.4 Å². The number of nitrogens with zero attached hydrogens (tertiary/aromatic N) is 3. The summed E-state index contributed by atoms with van der Waals surface area (Å²) in [6.45, 7) is 4.05. The molecule has 2 heterocycles. The van der Waals surface area contributed by atoms with Gasteiger partial charge < -0.3 is 10.7 Å². The molecule has 9 heteroatoms. The maximum Gasteiger partial charge on any atom is 0.260 e. The lowest BCUT2D eigenvalue weighted by molar-refractivity contribution is 0.0978. The number of halogens is 1. The number of nitrogens with two attached hydrogens (primary N) is 1. The summed E-state index contributed by atoms with van der Waals surface area (Å²) in [5.41, 5.74) is 9.97. The highest BCUT2D eigenvalue weighted by Gasteiger charge is 2.13. The number of H-pyrrole nitrogens is 1. The van der Waals surface area contributed by atoms with Gasteiger partial charge in [-0.15, -0.1) is 0 Å². The summed E-state index contributed by atoms with van der Waals surface area (Å²) < 4.78 is 13.7. The molecule has 0 fully saturated rings. The Labute approximate surface area is 190 Å². The molecule has 1 amide bonds. The molecule has 0 aliphatic carbocycles. The van der Waals surface area contributed by atoms with Crippen molar-refractivity contribution in [2.75, 3.05) is 17.6 Å². The summed E-state index contributed by atoms with van der Waals surface area (Å²) in [6.07, 6.45) is 2.37. The van der Waals surface area contributed by atoms with Gasteiger partial charge in [-0.1, -0.05) is 12.1 Å². The number of amides is 1. The number of carbonyl (C=O) groups is 1. The van der Waals surface area contributed by atoms with E-state index in [1.165, 1.54) is 12.1 Å². The Hall–Kier alpha value is -4.27. The van der Waals surface area contributed by atoms with Crippen molar-refractivity contribution in [1.82, 2.24) is 20.3 Å². The zero-order valence-corrected chi connectivity index (χ0v) is 18.3. The Bertz CT molecular complexity index is 1330. The first-order valence-corrected chi connectivity index (χ1v) is 10.4. The molecule has 5 N–H and O–H groups in total. The summed E-state index contributed by atoms with van der Waals surface area (Å²) in [5, 5.41) is 6.56. The number of aryl methyl sites for hydroxylation is 2. The summed E-state index contributed by atoms with van der Waals surface area (Å²) in [6, 6.07) is 13.2. The summed E-state index contributed by atoms with van der Waals surface area (Å²) in [4.78, 5) is 29.2. The second-order valence-electron chi connectivity index (χ2n) is 7.62. The Morgan fingerprint density at radius 3 is 2.64 bits per heavy atom. The van der Waals surface area contributed by atoms with Gasteiger partial charge in [0.25, 0.3) is 5.91 Å². The topological polar surface area (TPSA) is 121 Å². The van der Waals surface area contributed by atoms with E-state index in [4.69, 9.17) is 5.73 Å². The van der Waals surface area contributed by atoms with Gasteiger partial charge >= 0.3 is 0 Å². The van der Waals surface area contributed by atoms with Crippen LogP contribution in [0.4, 0.5) is 16.0 Å². The number of benzene rings is 2. The van der Waals surface area contributed by atoms with Crippen LogP contribution in [-0.4, -0.2) is 33.4 Å². The molecule has 33 heavy (non-hydrogen) atoms. The van der Waals surface area contributed by atoms with E-state index in [2.05, 4.69) is 30.6 Å². The number of nitrogen functional groups attached to an aromatic ring is 1. The Morgan fingerprint density at radius 1 is 1.12 bits per heavy atom. The van der Waals surface area contributed by atoms with Gasteiger partial charge in [-0.25, -0.2) is 14.4 Å². The molecule has 0 unspecified atom stereocenters. The van der Waals surface area contributed by atoms with Crippen LogP contribution >= 0.6 is 0 Å². The largest absolute Gasteiger partial charge is 0.398 e. The Morgan fingerprint density at radius 2 is 1.88 bits per heavy atom. The molecule has 0 atom stereocenters. The average Bonchev–Trinajstić information content (AvgIpc) is 3.15. The number of rotatable bonds is 5. The molecule has 0 radical (unpaired) electrons. The zero-order valence-electron chi connectivity index (χ0n) is 18.3. The molecule has 4 rings (SSSR count). The van der Waals surface area contributed by atoms with Gasteiger partial charge in [0.1, 0.15) is 5.82 Å². The monoisotopic (exact) mass is 445 g/mol. The van der Waals surface area contributed by atoms with Crippen LogP contribution in [0.2, 0.25) is 0 Å². The maximum atomic E-state index is 13.7. The number of fused-ring (bicyclic) bond motifs is 1. The normalized spacial score (nSPS) is 11.5. The maximum absolute atomic E-state index is 13.7. The number of guanidine groups is 1. The van der Waals surface area contributed by atoms with Crippen LogP contribution in [0.3, 0.4) is 0 Å². The summed E-state index contributed by atoms with van der Waals surface area (Å²) >= 11 is 0. The Kier molecular flexibility index (Phi) is 6.30. The molecule has 0 bridgehead atoms. The van der Waals surface area contributed by atoms with Crippen molar-refractivity contribution < 1.29 is 9.18 Å². The van der Waals surface area contributed by atoms with E-state index in [1.54, 1.807) is 30.3 Å². The molecule has 168 valence electrons. The number of hydrogen-bond donors (Lipinski definition) is 4. The number of para-hydroxylation sites is 1. The van der Waals surface area contributed by atoms with Crippen LogP contribution < -0.4 is 16.4 Å². The van der Waals surface area contributed by atoms with Crippen LogP contribution in [0, 0.1) is 19.7 Å². The van der Waals surface area contributed by atoms with Crippen molar-refractivity contribution in [3.05, 3.63) is 83.1 Å². The molecule has 0 saturated heterocycles. The highest BCUT2D eigenvalue weighted by Crippen LogP contribution is 2.20. The number of aliphatic imine (C=N–C) groups is 1.